The van der Waals surface area contributed by atoms with Gasteiger partial charge in [-0.05, 0) is 44.0 Å². The summed E-state index contributed by atoms with van der Waals surface area (Å²) in [4.78, 5) is 4.28. The Hall–Kier alpha value is -0.720. The highest BCUT2D eigenvalue weighted by molar-refractivity contribution is 9.10. The minimum atomic E-state index is -0.282. The van der Waals surface area contributed by atoms with Crippen molar-refractivity contribution in [1.29, 1.82) is 0 Å². The monoisotopic (exact) mass is 344 g/mol. The lowest BCUT2D eigenvalue weighted by molar-refractivity contribution is 0.662. The molecule has 1 atom stereocenters. The van der Waals surface area contributed by atoms with Crippen LogP contribution in [-0.4, -0.2) is 14.8 Å². The standard InChI is InChI=1S/C10H10Br2N4/c1-16-10(7(12)5-15-16)9(13)8-3-2-6(11)4-14-8/h2-5,9H,13H2,1H3. The highest BCUT2D eigenvalue weighted by Crippen LogP contribution is 2.25. The lowest BCUT2D eigenvalue weighted by atomic mass is 10.1. The average molecular weight is 346 g/mol. The van der Waals surface area contributed by atoms with Crippen molar-refractivity contribution in [1.82, 2.24) is 14.8 Å². The number of pyridine rings is 1. The highest BCUT2D eigenvalue weighted by atomic mass is 79.9. The van der Waals surface area contributed by atoms with Gasteiger partial charge in [-0.2, -0.15) is 5.10 Å². The van der Waals surface area contributed by atoms with Gasteiger partial charge in [0.1, 0.15) is 0 Å². The van der Waals surface area contributed by atoms with E-state index >= 15 is 0 Å². The van der Waals surface area contributed by atoms with Crippen molar-refractivity contribution in [2.24, 2.45) is 12.8 Å². The molecule has 0 aliphatic heterocycles. The first-order chi connectivity index (χ1) is 7.59. The Morgan fingerprint density at radius 1 is 1.31 bits per heavy atom. The van der Waals surface area contributed by atoms with Gasteiger partial charge in [0, 0.05) is 17.7 Å². The van der Waals surface area contributed by atoms with Gasteiger partial charge >= 0.3 is 0 Å². The smallest absolute Gasteiger partial charge is 0.0908 e. The summed E-state index contributed by atoms with van der Waals surface area (Å²) >= 11 is 6.77. The Morgan fingerprint density at radius 3 is 2.56 bits per heavy atom. The molecular weight excluding hydrogens is 336 g/mol. The molecule has 0 aromatic carbocycles. The van der Waals surface area contributed by atoms with Crippen LogP contribution in [0.15, 0.2) is 33.5 Å². The number of halogens is 2. The zero-order valence-corrected chi connectivity index (χ0v) is 11.7. The van der Waals surface area contributed by atoms with Crippen molar-refractivity contribution >= 4 is 31.9 Å². The lowest BCUT2D eigenvalue weighted by Crippen LogP contribution is -2.17. The van der Waals surface area contributed by atoms with E-state index < -0.39 is 0 Å². The minimum Gasteiger partial charge on any atom is -0.318 e. The van der Waals surface area contributed by atoms with Crippen LogP contribution in [0.25, 0.3) is 0 Å². The topological polar surface area (TPSA) is 56.7 Å². The van der Waals surface area contributed by atoms with E-state index in [1.165, 1.54) is 0 Å². The molecule has 0 bridgehead atoms. The van der Waals surface area contributed by atoms with Crippen molar-refractivity contribution in [2.75, 3.05) is 0 Å². The number of nitrogens with zero attached hydrogens (tertiary/aromatic N) is 3. The molecule has 2 N–H and O–H groups in total. The summed E-state index contributed by atoms with van der Waals surface area (Å²) in [6.45, 7) is 0. The maximum absolute atomic E-state index is 6.14. The molecule has 16 heavy (non-hydrogen) atoms. The fraction of sp³-hybridized carbons (Fsp3) is 0.200. The molecule has 0 amide bonds. The predicted octanol–water partition coefficient (Wildman–Crippen LogP) is 2.39. The van der Waals surface area contributed by atoms with Gasteiger partial charge in [0.05, 0.1) is 28.1 Å². The van der Waals surface area contributed by atoms with Crippen molar-refractivity contribution < 1.29 is 0 Å². The van der Waals surface area contributed by atoms with E-state index in [9.17, 15) is 0 Å². The Kier molecular flexibility index (Phi) is 3.41. The third-order valence-corrected chi connectivity index (χ3v) is 3.38. The number of rotatable bonds is 2. The summed E-state index contributed by atoms with van der Waals surface area (Å²) in [5.41, 5.74) is 7.87. The van der Waals surface area contributed by atoms with Crippen LogP contribution in [0.5, 0.6) is 0 Å². The Labute approximate surface area is 110 Å². The van der Waals surface area contributed by atoms with Gasteiger partial charge in [-0.15, -0.1) is 0 Å². The number of aromatic nitrogens is 3. The summed E-state index contributed by atoms with van der Waals surface area (Å²) < 4.78 is 3.58. The number of hydrogen-bond donors (Lipinski definition) is 1. The number of hydrogen-bond acceptors (Lipinski definition) is 3. The fourth-order valence-electron chi connectivity index (χ4n) is 1.48. The lowest BCUT2D eigenvalue weighted by Gasteiger charge is -2.12. The van der Waals surface area contributed by atoms with E-state index in [0.717, 1.165) is 20.3 Å². The summed E-state index contributed by atoms with van der Waals surface area (Å²) in [6.07, 6.45) is 3.47. The Morgan fingerprint density at radius 2 is 2.06 bits per heavy atom. The first-order valence-corrected chi connectivity index (χ1v) is 6.22. The van der Waals surface area contributed by atoms with Gasteiger partial charge in [0.25, 0.3) is 0 Å². The molecular formula is C10H10Br2N4. The zero-order chi connectivity index (χ0) is 11.7. The number of nitrogens with two attached hydrogens (primary N) is 1. The third kappa shape index (κ3) is 2.18. The van der Waals surface area contributed by atoms with Crippen molar-refractivity contribution in [3.63, 3.8) is 0 Å². The second-order valence-electron chi connectivity index (χ2n) is 3.38. The molecule has 2 aromatic heterocycles. The van der Waals surface area contributed by atoms with Crippen LogP contribution in [-0.2, 0) is 7.05 Å². The van der Waals surface area contributed by atoms with Crippen LogP contribution in [0.1, 0.15) is 17.4 Å². The molecule has 4 nitrogen and oxygen atoms in total. The van der Waals surface area contributed by atoms with E-state index in [4.69, 9.17) is 5.73 Å². The predicted molar refractivity (Wildman–Crippen MR) is 68.9 cm³/mol. The molecule has 0 saturated carbocycles. The summed E-state index contributed by atoms with van der Waals surface area (Å²) in [7, 11) is 1.86. The van der Waals surface area contributed by atoms with Gasteiger partial charge in [-0.25, -0.2) is 0 Å². The molecule has 2 rings (SSSR count). The third-order valence-electron chi connectivity index (χ3n) is 2.30. The summed E-state index contributed by atoms with van der Waals surface area (Å²) in [5, 5.41) is 4.13. The van der Waals surface area contributed by atoms with Gasteiger partial charge in [-0.3, -0.25) is 9.67 Å². The van der Waals surface area contributed by atoms with E-state index in [-0.39, 0.29) is 6.04 Å². The summed E-state index contributed by atoms with van der Waals surface area (Å²) in [6, 6.07) is 3.54. The molecule has 0 fully saturated rings. The van der Waals surface area contributed by atoms with E-state index in [0.29, 0.717) is 0 Å². The second kappa shape index (κ2) is 4.65. The molecule has 6 heteroatoms. The number of aryl methyl sites for hydroxylation is 1. The van der Waals surface area contributed by atoms with E-state index in [1.54, 1.807) is 17.1 Å². The minimum absolute atomic E-state index is 0.282. The first kappa shape index (κ1) is 11.8. The maximum atomic E-state index is 6.14. The molecule has 0 aliphatic carbocycles. The van der Waals surface area contributed by atoms with Crippen LogP contribution in [0.4, 0.5) is 0 Å². The molecule has 0 spiro atoms. The largest absolute Gasteiger partial charge is 0.318 e. The normalized spacial score (nSPS) is 12.8. The molecule has 0 aliphatic rings. The van der Waals surface area contributed by atoms with Gasteiger partial charge < -0.3 is 5.73 Å². The highest BCUT2D eigenvalue weighted by Gasteiger charge is 2.17. The molecule has 84 valence electrons. The second-order valence-corrected chi connectivity index (χ2v) is 5.15. The SMILES string of the molecule is Cn1ncc(Br)c1C(N)c1ccc(Br)cn1. The van der Waals surface area contributed by atoms with Crippen LogP contribution < -0.4 is 5.73 Å². The quantitative estimate of drug-likeness (QED) is 0.909. The van der Waals surface area contributed by atoms with Crippen LogP contribution in [0.2, 0.25) is 0 Å². The van der Waals surface area contributed by atoms with Crippen molar-refractivity contribution in [3.05, 3.63) is 44.9 Å². The maximum Gasteiger partial charge on any atom is 0.0908 e. The fourth-order valence-corrected chi connectivity index (χ4v) is 2.31. The van der Waals surface area contributed by atoms with Gasteiger partial charge in [0.15, 0.2) is 0 Å². The summed E-state index contributed by atoms with van der Waals surface area (Å²) in [5.74, 6) is 0. The molecule has 0 saturated heterocycles. The first-order valence-electron chi connectivity index (χ1n) is 4.64. The van der Waals surface area contributed by atoms with Gasteiger partial charge in [-0.1, -0.05) is 0 Å². The van der Waals surface area contributed by atoms with Crippen LogP contribution in [0.3, 0.4) is 0 Å². The molecule has 0 radical (unpaired) electrons. The van der Waals surface area contributed by atoms with Crippen molar-refractivity contribution in [3.8, 4) is 0 Å². The van der Waals surface area contributed by atoms with Crippen molar-refractivity contribution in [2.45, 2.75) is 6.04 Å². The zero-order valence-electron chi connectivity index (χ0n) is 8.56. The van der Waals surface area contributed by atoms with E-state index in [2.05, 4.69) is 41.9 Å². The average Bonchev–Trinajstić information content (AvgIpc) is 2.59. The Bertz CT molecular complexity index is 473. The van der Waals surface area contributed by atoms with E-state index in [1.807, 2.05) is 19.2 Å². The molecule has 2 heterocycles. The van der Waals surface area contributed by atoms with Crippen LogP contribution >= 0.6 is 31.9 Å². The molecule has 1 unspecified atom stereocenters. The molecule has 2 aromatic rings. The Balaban J connectivity index is 2.39. The van der Waals surface area contributed by atoms with Crippen LogP contribution in [0, 0.1) is 0 Å². The van der Waals surface area contributed by atoms with Gasteiger partial charge in [0.2, 0.25) is 0 Å².